The largest absolute Gasteiger partial charge is 0.355 e. The van der Waals surface area contributed by atoms with Crippen LogP contribution in [0.5, 0.6) is 0 Å². The summed E-state index contributed by atoms with van der Waals surface area (Å²) in [5.41, 5.74) is 5.50. The number of carbonyl (C=O) groups is 1. The van der Waals surface area contributed by atoms with Crippen LogP contribution in [0.3, 0.4) is 0 Å². The fraction of sp³-hybridized carbons (Fsp3) is 0.417. The molecule has 0 heterocycles. The van der Waals surface area contributed by atoms with Crippen molar-refractivity contribution in [2.45, 2.75) is 11.8 Å². The van der Waals surface area contributed by atoms with Gasteiger partial charge in [0.05, 0.1) is 10.7 Å². The van der Waals surface area contributed by atoms with Crippen molar-refractivity contribution in [3.05, 3.63) is 34.4 Å². The molecule has 19 heavy (non-hydrogen) atoms. The van der Waals surface area contributed by atoms with E-state index >= 15 is 0 Å². The van der Waals surface area contributed by atoms with Crippen molar-refractivity contribution in [1.82, 2.24) is 5.32 Å². The molecule has 0 aromatic heterocycles. The third-order valence-corrected chi connectivity index (χ3v) is 3.48. The normalized spacial score (nSPS) is 11.9. The third kappa shape index (κ3) is 5.71. The van der Waals surface area contributed by atoms with Crippen LogP contribution in [-0.2, 0) is 4.79 Å². The molecular weight excluding hydrogens is 266 g/mol. The average molecular weight is 283 g/mol. The van der Waals surface area contributed by atoms with Gasteiger partial charge in [0.25, 0.3) is 5.69 Å². The van der Waals surface area contributed by atoms with Gasteiger partial charge in [0, 0.05) is 23.6 Å². The first-order valence-corrected chi connectivity index (χ1v) is 6.85. The molecule has 1 rings (SSSR count). The van der Waals surface area contributed by atoms with E-state index in [0.29, 0.717) is 13.1 Å². The van der Waals surface area contributed by atoms with Gasteiger partial charge in [-0.2, -0.15) is 0 Å². The number of hydrogen-bond acceptors (Lipinski definition) is 5. The van der Waals surface area contributed by atoms with Gasteiger partial charge in [-0.05, 0) is 24.6 Å². The van der Waals surface area contributed by atoms with Crippen LogP contribution in [0.4, 0.5) is 5.69 Å². The Balaban J connectivity index is 2.35. The van der Waals surface area contributed by atoms with Crippen LogP contribution in [0, 0.1) is 16.0 Å². The number of benzene rings is 1. The topological polar surface area (TPSA) is 98.3 Å². The van der Waals surface area contributed by atoms with Crippen LogP contribution in [-0.4, -0.2) is 29.7 Å². The number of amides is 1. The molecule has 1 aromatic carbocycles. The number of nitro benzene ring substituents is 1. The Morgan fingerprint density at radius 2 is 2.11 bits per heavy atom. The fourth-order valence-corrected chi connectivity index (χ4v) is 1.96. The van der Waals surface area contributed by atoms with E-state index in [4.69, 9.17) is 5.73 Å². The SMILES string of the molecule is CC(CN)CNC(=O)CSc1ccc([N+](=O)[O-])cc1. The highest BCUT2D eigenvalue weighted by Gasteiger charge is 2.07. The van der Waals surface area contributed by atoms with Crippen LogP contribution >= 0.6 is 11.8 Å². The Morgan fingerprint density at radius 1 is 1.47 bits per heavy atom. The zero-order valence-corrected chi connectivity index (χ0v) is 11.5. The summed E-state index contributed by atoms with van der Waals surface area (Å²) >= 11 is 1.34. The minimum Gasteiger partial charge on any atom is -0.355 e. The van der Waals surface area contributed by atoms with E-state index in [9.17, 15) is 14.9 Å². The first kappa shape index (κ1) is 15.5. The summed E-state index contributed by atoms with van der Waals surface area (Å²) in [5, 5.41) is 13.3. The van der Waals surface area contributed by atoms with Crippen molar-refractivity contribution in [2.75, 3.05) is 18.8 Å². The Hall–Kier alpha value is -1.60. The quantitative estimate of drug-likeness (QED) is 0.448. The molecular formula is C12H17N3O3S. The summed E-state index contributed by atoms with van der Waals surface area (Å²) < 4.78 is 0. The molecule has 7 heteroatoms. The monoisotopic (exact) mass is 283 g/mol. The number of hydrogen-bond donors (Lipinski definition) is 2. The minimum absolute atomic E-state index is 0.0468. The molecule has 3 N–H and O–H groups in total. The van der Waals surface area contributed by atoms with E-state index in [0.717, 1.165) is 4.90 Å². The maximum absolute atomic E-state index is 11.5. The van der Waals surface area contributed by atoms with Crippen molar-refractivity contribution < 1.29 is 9.72 Å². The lowest BCUT2D eigenvalue weighted by molar-refractivity contribution is -0.384. The Kier molecular flexibility index (Phi) is 6.31. The molecule has 0 bridgehead atoms. The van der Waals surface area contributed by atoms with Gasteiger partial charge in [0.1, 0.15) is 0 Å². The van der Waals surface area contributed by atoms with Gasteiger partial charge >= 0.3 is 0 Å². The first-order valence-electron chi connectivity index (χ1n) is 5.87. The van der Waals surface area contributed by atoms with Gasteiger partial charge in [-0.3, -0.25) is 14.9 Å². The fourth-order valence-electron chi connectivity index (χ4n) is 1.24. The predicted molar refractivity (Wildman–Crippen MR) is 75.0 cm³/mol. The lowest BCUT2D eigenvalue weighted by Crippen LogP contribution is -2.32. The van der Waals surface area contributed by atoms with Gasteiger partial charge < -0.3 is 11.1 Å². The molecule has 6 nitrogen and oxygen atoms in total. The second-order valence-electron chi connectivity index (χ2n) is 4.18. The molecule has 0 aliphatic rings. The molecule has 1 unspecified atom stereocenters. The molecule has 0 aliphatic heterocycles. The van der Waals surface area contributed by atoms with Gasteiger partial charge in [0.2, 0.25) is 5.91 Å². The van der Waals surface area contributed by atoms with E-state index < -0.39 is 4.92 Å². The van der Waals surface area contributed by atoms with Crippen LogP contribution in [0.1, 0.15) is 6.92 Å². The standard InChI is InChI=1S/C12H17N3O3S/c1-9(6-13)7-14-12(16)8-19-11-4-2-10(3-5-11)15(17)18/h2-5,9H,6-8,13H2,1H3,(H,14,16). The molecule has 0 radical (unpaired) electrons. The molecule has 104 valence electrons. The number of nitro groups is 1. The lowest BCUT2D eigenvalue weighted by Gasteiger charge is -2.09. The van der Waals surface area contributed by atoms with Crippen LogP contribution < -0.4 is 11.1 Å². The van der Waals surface area contributed by atoms with Crippen LogP contribution in [0.25, 0.3) is 0 Å². The van der Waals surface area contributed by atoms with Gasteiger partial charge in [0.15, 0.2) is 0 Å². The smallest absolute Gasteiger partial charge is 0.269 e. The van der Waals surface area contributed by atoms with Crippen molar-refractivity contribution >= 4 is 23.4 Å². The summed E-state index contributed by atoms with van der Waals surface area (Å²) in [4.78, 5) is 22.4. The highest BCUT2D eigenvalue weighted by atomic mass is 32.2. The summed E-state index contributed by atoms with van der Waals surface area (Å²) in [7, 11) is 0. The zero-order valence-electron chi connectivity index (χ0n) is 10.7. The number of rotatable bonds is 7. The first-order chi connectivity index (χ1) is 9.02. The average Bonchev–Trinajstić information content (AvgIpc) is 2.42. The molecule has 1 atom stereocenters. The second kappa shape index (κ2) is 7.75. The summed E-state index contributed by atoms with van der Waals surface area (Å²) in [6, 6.07) is 6.13. The third-order valence-electron chi connectivity index (χ3n) is 2.47. The molecule has 1 amide bonds. The molecule has 1 aromatic rings. The number of thioether (sulfide) groups is 1. The van der Waals surface area contributed by atoms with Crippen LogP contribution in [0.2, 0.25) is 0 Å². The van der Waals surface area contributed by atoms with Crippen molar-refractivity contribution in [3.63, 3.8) is 0 Å². The maximum Gasteiger partial charge on any atom is 0.269 e. The zero-order chi connectivity index (χ0) is 14.3. The summed E-state index contributed by atoms with van der Waals surface area (Å²) in [5.74, 6) is 0.478. The van der Waals surface area contributed by atoms with Crippen molar-refractivity contribution in [2.24, 2.45) is 11.7 Å². The molecule has 0 saturated heterocycles. The number of non-ortho nitro benzene ring substituents is 1. The Bertz CT molecular complexity index is 436. The van der Waals surface area contributed by atoms with Gasteiger partial charge in [-0.1, -0.05) is 6.92 Å². The predicted octanol–water partition coefficient (Wildman–Crippen LogP) is 1.40. The lowest BCUT2D eigenvalue weighted by atomic mass is 10.2. The minimum atomic E-state index is -0.449. The van der Waals surface area contributed by atoms with E-state index in [1.807, 2.05) is 6.92 Å². The second-order valence-corrected chi connectivity index (χ2v) is 5.23. The van der Waals surface area contributed by atoms with Gasteiger partial charge in [-0.15, -0.1) is 11.8 Å². The van der Waals surface area contributed by atoms with Crippen molar-refractivity contribution in [1.29, 1.82) is 0 Å². The highest BCUT2D eigenvalue weighted by Crippen LogP contribution is 2.20. The number of nitrogens with zero attached hydrogens (tertiary/aromatic N) is 1. The summed E-state index contributed by atoms with van der Waals surface area (Å²) in [6.45, 7) is 3.07. The van der Waals surface area contributed by atoms with Gasteiger partial charge in [-0.25, -0.2) is 0 Å². The maximum atomic E-state index is 11.5. The number of nitrogens with one attached hydrogen (secondary N) is 1. The van der Waals surface area contributed by atoms with E-state index in [-0.39, 0.29) is 23.3 Å². The van der Waals surface area contributed by atoms with Crippen LogP contribution in [0.15, 0.2) is 29.2 Å². The highest BCUT2D eigenvalue weighted by molar-refractivity contribution is 8.00. The van der Waals surface area contributed by atoms with E-state index in [2.05, 4.69) is 5.32 Å². The Morgan fingerprint density at radius 3 is 2.63 bits per heavy atom. The van der Waals surface area contributed by atoms with Crippen molar-refractivity contribution in [3.8, 4) is 0 Å². The number of nitrogens with two attached hydrogens (primary N) is 1. The van der Waals surface area contributed by atoms with E-state index in [1.165, 1.54) is 23.9 Å². The number of carbonyl (C=O) groups excluding carboxylic acids is 1. The molecule has 0 spiro atoms. The molecule has 0 saturated carbocycles. The molecule has 0 aliphatic carbocycles. The summed E-state index contributed by atoms with van der Waals surface area (Å²) in [6.07, 6.45) is 0. The molecule has 0 fully saturated rings. The van der Waals surface area contributed by atoms with E-state index in [1.54, 1.807) is 12.1 Å². The Labute approximate surface area is 115 Å².